The van der Waals surface area contributed by atoms with Crippen LogP contribution in [0.5, 0.6) is 0 Å². The van der Waals surface area contributed by atoms with Crippen LogP contribution in [0.3, 0.4) is 0 Å². The van der Waals surface area contributed by atoms with Crippen molar-refractivity contribution in [3.05, 3.63) is 47.6 Å². The van der Waals surface area contributed by atoms with E-state index in [1.165, 1.54) is 10.4 Å². The number of hydrogen-bond acceptors (Lipinski definition) is 5. The van der Waals surface area contributed by atoms with E-state index in [1.807, 2.05) is 17.0 Å². The van der Waals surface area contributed by atoms with Crippen molar-refractivity contribution >= 4 is 27.4 Å². The van der Waals surface area contributed by atoms with E-state index in [0.29, 0.717) is 26.2 Å². The van der Waals surface area contributed by atoms with E-state index in [0.717, 1.165) is 5.82 Å². The zero-order valence-corrected chi connectivity index (χ0v) is 13.3. The first-order valence-corrected chi connectivity index (χ1v) is 8.68. The van der Waals surface area contributed by atoms with E-state index < -0.39 is 10.0 Å². The normalized spacial score (nSPS) is 16.7. The lowest BCUT2D eigenvalue weighted by molar-refractivity contribution is 0.383. The van der Waals surface area contributed by atoms with Gasteiger partial charge in [0.25, 0.3) is 0 Å². The number of halogens is 1. The van der Waals surface area contributed by atoms with Gasteiger partial charge >= 0.3 is 0 Å². The second-order valence-corrected chi connectivity index (χ2v) is 7.22. The Kier molecular flexibility index (Phi) is 4.28. The summed E-state index contributed by atoms with van der Waals surface area (Å²) in [7, 11) is -3.56. The van der Waals surface area contributed by atoms with Gasteiger partial charge in [0.2, 0.25) is 10.0 Å². The fraction of sp³-hybridized carbons (Fsp3) is 0.286. The maximum atomic E-state index is 12.6. The largest absolute Gasteiger partial charge is 0.352 e. The SMILES string of the molecule is O=S(=O)(c1ccccc1Cl)N1CCN(c2cccnn2)CC1. The van der Waals surface area contributed by atoms with Crippen molar-refractivity contribution in [1.29, 1.82) is 0 Å². The average molecular weight is 339 g/mol. The Labute approximate surface area is 134 Å². The Balaban J connectivity index is 1.75. The van der Waals surface area contributed by atoms with Crippen LogP contribution < -0.4 is 4.90 Å². The molecule has 8 heteroatoms. The van der Waals surface area contributed by atoms with Gasteiger partial charge in [-0.1, -0.05) is 23.7 Å². The topological polar surface area (TPSA) is 66.4 Å². The predicted octanol–water partition coefficient (Wildman–Crippen LogP) is 1.64. The molecule has 1 fully saturated rings. The van der Waals surface area contributed by atoms with Gasteiger partial charge in [-0.15, -0.1) is 5.10 Å². The van der Waals surface area contributed by atoms with Crippen molar-refractivity contribution in [3.8, 4) is 0 Å². The lowest BCUT2D eigenvalue weighted by Crippen LogP contribution is -2.49. The lowest BCUT2D eigenvalue weighted by atomic mass is 10.3. The van der Waals surface area contributed by atoms with E-state index in [9.17, 15) is 8.42 Å². The second kappa shape index (κ2) is 6.20. The van der Waals surface area contributed by atoms with E-state index in [4.69, 9.17) is 11.6 Å². The number of hydrogen-bond donors (Lipinski definition) is 0. The van der Waals surface area contributed by atoms with Crippen LogP contribution in [-0.2, 0) is 10.0 Å². The van der Waals surface area contributed by atoms with Gasteiger partial charge in [0.15, 0.2) is 5.82 Å². The molecule has 0 amide bonds. The minimum Gasteiger partial charge on any atom is -0.352 e. The highest BCUT2D eigenvalue weighted by Gasteiger charge is 2.30. The van der Waals surface area contributed by atoms with Gasteiger partial charge in [-0.25, -0.2) is 8.42 Å². The molecule has 22 heavy (non-hydrogen) atoms. The lowest BCUT2D eigenvalue weighted by Gasteiger charge is -2.34. The smallest absolute Gasteiger partial charge is 0.244 e. The van der Waals surface area contributed by atoms with E-state index in [1.54, 1.807) is 24.4 Å². The van der Waals surface area contributed by atoms with Crippen molar-refractivity contribution in [2.75, 3.05) is 31.1 Å². The fourth-order valence-electron chi connectivity index (χ4n) is 2.41. The molecule has 1 aliphatic heterocycles. The maximum absolute atomic E-state index is 12.6. The molecule has 2 heterocycles. The third-order valence-corrected chi connectivity index (χ3v) is 5.97. The zero-order valence-electron chi connectivity index (χ0n) is 11.8. The second-order valence-electron chi connectivity index (χ2n) is 4.90. The molecule has 0 unspecified atom stereocenters. The van der Waals surface area contributed by atoms with Crippen molar-refractivity contribution < 1.29 is 8.42 Å². The molecule has 1 aromatic carbocycles. The number of benzene rings is 1. The summed E-state index contributed by atoms with van der Waals surface area (Å²) in [6.45, 7) is 1.93. The summed E-state index contributed by atoms with van der Waals surface area (Å²) in [5.74, 6) is 0.761. The predicted molar refractivity (Wildman–Crippen MR) is 84.5 cm³/mol. The standard InChI is InChI=1S/C14H15ClN4O2S/c15-12-4-1-2-5-13(12)22(20,21)19-10-8-18(9-11-19)14-6-3-7-16-17-14/h1-7H,8-11H2. The van der Waals surface area contributed by atoms with Crippen molar-refractivity contribution in [1.82, 2.24) is 14.5 Å². The van der Waals surface area contributed by atoms with Crippen LogP contribution in [0, 0.1) is 0 Å². The average Bonchev–Trinajstić information content (AvgIpc) is 2.56. The quantitative estimate of drug-likeness (QED) is 0.851. The Hall–Kier alpha value is -1.70. The molecule has 1 saturated heterocycles. The highest BCUT2D eigenvalue weighted by molar-refractivity contribution is 7.89. The van der Waals surface area contributed by atoms with Crippen LogP contribution in [0.15, 0.2) is 47.5 Å². The van der Waals surface area contributed by atoms with Gasteiger partial charge in [0.05, 0.1) is 5.02 Å². The molecule has 0 atom stereocenters. The summed E-state index contributed by atoms with van der Waals surface area (Å²) in [5.41, 5.74) is 0. The summed E-state index contributed by atoms with van der Waals surface area (Å²) in [6, 6.07) is 10.2. The minimum absolute atomic E-state index is 0.157. The van der Waals surface area contributed by atoms with Crippen molar-refractivity contribution in [3.63, 3.8) is 0 Å². The summed E-state index contributed by atoms with van der Waals surface area (Å²) in [6.07, 6.45) is 1.61. The third-order valence-electron chi connectivity index (χ3n) is 3.58. The highest BCUT2D eigenvalue weighted by atomic mass is 35.5. The van der Waals surface area contributed by atoms with Crippen LogP contribution in [0.2, 0.25) is 5.02 Å². The number of aromatic nitrogens is 2. The van der Waals surface area contributed by atoms with Crippen molar-refractivity contribution in [2.45, 2.75) is 4.90 Å². The summed E-state index contributed by atoms with van der Waals surface area (Å²) in [5, 5.41) is 8.14. The van der Waals surface area contributed by atoms with Crippen LogP contribution in [0.1, 0.15) is 0 Å². The Morgan fingerprint density at radius 1 is 1.00 bits per heavy atom. The Morgan fingerprint density at radius 3 is 2.36 bits per heavy atom. The number of piperazine rings is 1. The zero-order chi connectivity index (χ0) is 15.6. The van der Waals surface area contributed by atoms with E-state index in [2.05, 4.69) is 10.2 Å². The van der Waals surface area contributed by atoms with Gasteiger partial charge < -0.3 is 4.90 Å². The van der Waals surface area contributed by atoms with Gasteiger partial charge in [0, 0.05) is 32.4 Å². The molecule has 1 aromatic heterocycles. The van der Waals surface area contributed by atoms with Gasteiger partial charge in [-0.3, -0.25) is 0 Å². The molecule has 0 aliphatic carbocycles. The third kappa shape index (κ3) is 2.92. The summed E-state index contributed by atoms with van der Waals surface area (Å²) >= 11 is 6.02. The summed E-state index contributed by atoms with van der Waals surface area (Å²) < 4.78 is 26.8. The molecule has 1 aliphatic rings. The van der Waals surface area contributed by atoms with Gasteiger partial charge in [-0.2, -0.15) is 9.40 Å². The minimum atomic E-state index is -3.56. The first-order valence-electron chi connectivity index (χ1n) is 6.86. The molecule has 0 radical (unpaired) electrons. The maximum Gasteiger partial charge on any atom is 0.244 e. The van der Waals surface area contributed by atoms with E-state index in [-0.39, 0.29) is 9.92 Å². The van der Waals surface area contributed by atoms with Crippen LogP contribution in [0.25, 0.3) is 0 Å². The summed E-state index contributed by atoms with van der Waals surface area (Å²) in [4.78, 5) is 2.18. The molecule has 0 saturated carbocycles. The van der Waals surface area contributed by atoms with Gasteiger partial charge in [0.1, 0.15) is 4.90 Å². The molecular formula is C14H15ClN4O2S. The van der Waals surface area contributed by atoms with Crippen molar-refractivity contribution in [2.24, 2.45) is 0 Å². The Morgan fingerprint density at radius 2 is 1.73 bits per heavy atom. The van der Waals surface area contributed by atoms with Crippen LogP contribution >= 0.6 is 11.6 Å². The van der Waals surface area contributed by atoms with Gasteiger partial charge in [-0.05, 0) is 24.3 Å². The van der Waals surface area contributed by atoms with E-state index >= 15 is 0 Å². The van der Waals surface area contributed by atoms with Crippen LogP contribution in [-0.4, -0.2) is 49.1 Å². The molecule has 3 rings (SSSR count). The highest BCUT2D eigenvalue weighted by Crippen LogP contribution is 2.25. The molecule has 0 bridgehead atoms. The number of nitrogens with zero attached hydrogens (tertiary/aromatic N) is 4. The molecule has 116 valence electrons. The molecule has 6 nitrogen and oxygen atoms in total. The van der Waals surface area contributed by atoms with Crippen LogP contribution in [0.4, 0.5) is 5.82 Å². The Bertz CT molecular complexity index is 746. The first kappa shape index (κ1) is 15.2. The molecular weight excluding hydrogens is 324 g/mol. The molecule has 0 N–H and O–H groups in total. The number of rotatable bonds is 3. The monoisotopic (exact) mass is 338 g/mol. The number of sulfonamides is 1. The fourth-order valence-corrected chi connectivity index (χ4v) is 4.33. The first-order chi connectivity index (χ1) is 10.6. The molecule has 0 spiro atoms. The number of anilines is 1. The molecule has 2 aromatic rings.